The fourth-order valence-electron chi connectivity index (χ4n) is 4.44. The van der Waals surface area contributed by atoms with Crippen LogP contribution in [0.25, 0.3) is 22.0 Å². The van der Waals surface area contributed by atoms with Crippen molar-refractivity contribution in [2.75, 3.05) is 32.9 Å². The van der Waals surface area contributed by atoms with Gasteiger partial charge in [0.25, 0.3) is 0 Å². The Morgan fingerprint density at radius 3 is 2.30 bits per heavy atom. The SMILES string of the molecule is COc1cc2c(cc1OC)-c1c(CCCI)c3ccc(OC)c(OC)c3c[n+]1CC2. The van der Waals surface area contributed by atoms with Crippen molar-refractivity contribution < 1.29 is 23.5 Å². The summed E-state index contributed by atoms with van der Waals surface area (Å²) in [6, 6.07) is 8.41. The lowest BCUT2D eigenvalue weighted by atomic mass is 9.89. The lowest BCUT2D eigenvalue weighted by molar-refractivity contribution is -0.686. The maximum Gasteiger partial charge on any atom is 0.216 e. The van der Waals surface area contributed by atoms with Crippen LogP contribution in [0.5, 0.6) is 23.0 Å². The van der Waals surface area contributed by atoms with Gasteiger partial charge in [-0.25, -0.2) is 0 Å². The maximum atomic E-state index is 5.76. The number of fused-ring (bicyclic) bond motifs is 4. The summed E-state index contributed by atoms with van der Waals surface area (Å²) in [6.07, 6.45) is 5.26. The predicted molar refractivity (Wildman–Crippen MR) is 127 cm³/mol. The van der Waals surface area contributed by atoms with Crippen molar-refractivity contribution in [1.82, 2.24) is 0 Å². The molecule has 0 atom stereocenters. The molecule has 0 unspecified atom stereocenters. The van der Waals surface area contributed by atoms with E-state index in [1.54, 1.807) is 28.4 Å². The van der Waals surface area contributed by atoms with Crippen molar-refractivity contribution >= 4 is 33.4 Å². The molecule has 0 saturated carbocycles. The third-order valence-electron chi connectivity index (χ3n) is 5.81. The van der Waals surface area contributed by atoms with E-state index in [1.807, 2.05) is 6.07 Å². The van der Waals surface area contributed by atoms with Gasteiger partial charge in [0, 0.05) is 17.4 Å². The first-order valence-corrected chi connectivity index (χ1v) is 11.6. The third kappa shape index (κ3) is 3.45. The molecular weight excluding hydrogens is 493 g/mol. The summed E-state index contributed by atoms with van der Waals surface area (Å²) >= 11 is 2.45. The molecule has 2 aromatic carbocycles. The highest BCUT2D eigenvalue weighted by molar-refractivity contribution is 14.1. The summed E-state index contributed by atoms with van der Waals surface area (Å²) in [6.45, 7) is 0.908. The molecule has 0 fully saturated rings. The van der Waals surface area contributed by atoms with Crippen molar-refractivity contribution in [2.45, 2.75) is 25.8 Å². The van der Waals surface area contributed by atoms with E-state index in [1.165, 1.54) is 27.8 Å². The van der Waals surface area contributed by atoms with Gasteiger partial charge in [0.05, 0.1) is 39.4 Å². The van der Waals surface area contributed by atoms with Gasteiger partial charge in [0.1, 0.15) is 0 Å². The van der Waals surface area contributed by atoms with Crippen molar-refractivity contribution in [2.24, 2.45) is 0 Å². The fraction of sp³-hybridized carbons (Fsp3) is 0.375. The number of hydrogen-bond donors (Lipinski definition) is 0. The zero-order chi connectivity index (χ0) is 21.3. The third-order valence-corrected chi connectivity index (χ3v) is 6.58. The summed E-state index contributed by atoms with van der Waals surface area (Å²) in [5.74, 6) is 3.09. The topological polar surface area (TPSA) is 40.8 Å². The zero-order valence-electron chi connectivity index (χ0n) is 17.9. The number of rotatable bonds is 7. The van der Waals surface area contributed by atoms with E-state index in [0.717, 1.165) is 58.6 Å². The van der Waals surface area contributed by atoms with Gasteiger partial charge in [0.15, 0.2) is 35.7 Å². The second-order valence-corrected chi connectivity index (χ2v) is 8.40. The van der Waals surface area contributed by atoms with Crippen molar-refractivity contribution in [3.05, 3.63) is 41.6 Å². The molecule has 0 radical (unpaired) electrons. The van der Waals surface area contributed by atoms with E-state index >= 15 is 0 Å². The van der Waals surface area contributed by atoms with E-state index in [-0.39, 0.29) is 0 Å². The highest BCUT2D eigenvalue weighted by Gasteiger charge is 2.31. The Bertz CT molecular complexity index is 1100. The number of nitrogens with zero attached hydrogens (tertiary/aromatic N) is 1. The van der Waals surface area contributed by atoms with Crippen molar-refractivity contribution in [3.63, 3.8) is 0 Å². The van der Waals surface area contributed by atoms with Crippen LogP contribution >= 0.6 is 22.6 Å². The first kappa shape index (κ1) is 21.0. The Morgan fingerprint density at radius 1 is 0.900 bits per heavy atom. The van der Waals surface area contributed by atoms with Gasteiger partial charge in [0.2, 0.25) is 5.69 Å². The quantitative estimate of drug-likeness (QED) is 0.256. The number of methoxy groups -OCH3 is 4. The molecule has 1 aromatic heterocycles. The lowest BCUT2D eigenvalue weighted by Gasteiger charge is -2.22. The van der Waals surface area contributed by atoms with Gasteiger partial charge < -0.3 is 18.9 Å². The molecule has 0 spiro atoms. The molecular formula is C24H27INO4+. The molecule has 4 rings (SSSR count). The average Bonchev–Trinajstić information content (AvgIpc) is 2.79. The number of hydrogen-bond acceptors (Lipinski definition) is 4. The molecule has 0 amide bonds. The number of alkyl halides is 1. The van der Waals surface area contributed by atoms with E-state index in [4.69, 9.17) is 18.9 Å². The number of ether oxygens (including phenoxy) is 4. The van der Waals surface area contributed by atoms with Crippen LogP contribution < -0.4 is 23.5 Å². The molecule has 3 aromatic rings. The Hall–Kier alpha value is -2.22. The minimum absolute atomic E-state index is 0.757. The normalized spacial score (nSPS) is 12.3. The van der Waals surface area contributed by atoms with Gasteiger partial charge in [-0.1, -0.05) is 22.6 Å². The number of halogens is 1. The molecule has 5 nitrogen and oxygen atoms in total. The summed E-state index contributed by atoms with van der Waals surface area (Å²) in [7, 11) is 6.77. The average molecular weight is 520 g/mol. The molecule has 158 valence electrons. The fourth-order valence-corrected chi connectivity index (χ4v) is 4.82. The first-order valence-electron chi connectivity index (χ1n) is 10.1. The van der Waals surface area contributed by atoms with E-state index < -0.39 is 0 Å². The van der Waals surface area contributed by atoms with Gasteiger partial charge >= 0.3 is 0 Å². The number of pyridine rings is 1. The van der Waals surface area contributed by atoms with Gasteiger partial charge in [-0.2, -0.15) is 4.57 Å². The molecule has 6 heteroatoms. The standard InChI is InChI=1S/C24H27INO4/c1-27-20-8-7-16-17(6-5-10-25)23-18-13-22(29-3)21(28-2)12-15(18)9-11-26(23)14-19(16)24(20)30-4/h7-8,12-14H,5-6,9-11H2,1-4H3/q+1. The molecule has 0 aliphatic carbocycles. The highest BCUT2D eigenvalue weighted by atomic mass is 127. The molecule has 2 heterocycles. The van der Waals surface area contributed by atoms with Crippen LogP contribution in [0, 0.1) is 0 Å². The minimum Gasteiger partial charge on any atom is -0.493 e. The van der Waals surface area contributed by atoms with Crippen molar-refractivity contribution in [3.8, 4) is 34.3 Å². The van der Waals surface area contributed by atoms with Gasteiger partial charge in [-0.3, -0.25) is 0 Å². The molecule has 30 heavy (non-hydrogen) atoms. The van der Waals surface area contributed by atoms with Crippen LogP contribution in [-0.2, 0) is 19.4 Å². The van der Waals surface area contributed by atoms with Gasteiger partial charge in [-0.15, -0.1) is 0 Å². The molecule has 0 saturated heterocycles. The predicted octanol–water partition coefficient (Wildman–Crippen LogP) is 4.75. The Balaban J connectivity index is 2.05. The Morgan fingerprint density at radius 2 is 1.63 bits per heavy atom. The monoisotopic (exact) mass is 520 g/mol. The molecule has 0 N–H and O–H groups in total. The second kappa shape index (κ2) is 8.88. The molecule has 0 bridgehead atoms. The first-order chi connectivity index (χ1) is 14.7. The van der Waals surface area contributed by atoms with E-state index in [2.05, 4.69) is 51.6 Å². The highest BCUT2D eigenvalue weighted by Crippen LogP contribution is 2.42. The summed E-state index contributed by atoms with van der Waals surface area (Å²) in [5.41, 5.74) is 5.13. The lowest BCUT2D eigenvalue weighted by Crippen LogP contribution is -2.41. The van der Waals surface area contributed by atoms with E-state index in [0.29, 0.717) is 0 Å². The summed E-state index contributed by atoms with van der Waals surface area (Å²) < 4.78 is 26.0. The zero-order valence-corrected chi connectivity index (χ0v) is 20.0. The number of benzene rings is 2. The van der Waals surface area contributed by atoms with Crippen LogP contribution in [0.3, 0.4) is 0 Å². The maximum absolute atomic E-state index is 5.76. The van der Waals surface area contributed by atoms with Crippen molar-refractivity contribution in [1.29, 1.82) is 0 Å². The molecule has 1 aliphatic heterocycles. The number of aromatic nitrogens is 1. The van der Waals surface area contributed by atoms with Crippen LogP contribution in [0.4, 0.5) is 0 Å². The van der Waals surface area contributed by atoms with Crippen LogP contribution in [0.1, 0.15) is 17.5 Å². The van der Waals surface area contributed by atoms with Crippen LogP contribution in [0.15, 0.2) is 30.5 Å². The van der Waals surface area contributed by atoms with E-state index in [9.17, 15) is 0 Å². The molecule has 1 aliphatic rings. The van der Waals surface area contributed by atoms with Crippen LogP contribution in [0.2, 0.25) is 0 Å². The minimum atomic E-state index is 0.757. The Kier molecular flexibility index (Phi) is 6.22. The largest absolute Gasteiger partial charge is 0.493 e. The van der Waals surface area contributed by atoms with Crippen LogP contribution in [-0.4, -0.2) is 32.9 Å². The second-order valence-electron chi connectivity index (χ2n) is 7.32. The smallest absolute Gasteiger partial charge is 0.216 e. The van der Waals surface area contributed by atoms with Gasteiger partial charge in [-0.05, 0) is 47.1 Å². The summed E-state index contributed by atoms with van der Waals surface area (Å²) in [5, 5.41) is 2.30. The summed E-state index contributed by atoms with van der Waals surface area (Å²) in [4.78, 5) is 0. The Labute approximate surface area is 191 Å². The number of aryl methyl sites for hydroxylation is 3.